The Labute approximate surface area is 84.9 Å². The van der Waals surface area contributed by atoms with Crippen molar-refractivity contribution in [2.24, 2.45) is 0 Å². The smallest absolute Gasteiger partial charge is 0.367 e. The van der Waals surface area contributed by atoms with Crippen molar-refractivity contribution in [3.05, 3.63) is 35.4 Å². The van der Waals surface area contributed by atoms with Crippen LogP contribution in [0.3, 0.4) is 0 Å². The molecule has 1 aromatic rings. The lowest BCUT2D eigenvalue weighted by molar-refractivity contribution is -0.176. The Morgan fingerprint density at radius 2 is 1.80 bits per heavy atom. The molecule has 0 unspecified atom stereocenters. The van der Waals surface area contributed by atoms with Gasteiger partial charge in [0.1, 0.15) is 6.61 Å². The van der Waals surface area contributed by atoms with E-state index in [1.807, 2.05) is 6.07 Å². The third kappa shape index (κ3) is 4.47. The molecule has 0 saturated heterocycles. The molecule has 0 aliphatic heterocycles. The molecule has 0 radical (unpaired) electrons. The lowest BCUT2D eigenvalue weighted by atomic mass is 10.2. The number of ether oxygens (including phenoxy) is 1. The Hall–Kier alpha value is -1.54. The van der Waals surface area contributed by atoms with Gasteiger partial charge in [0.05, 0.1) is 18.2 Å². The van der Waals surface area contributed by atoms with Crippen LogP contribution in [0.2, 0.25) is 0 Å². The minimum Gasteiger partial charge on any atom is -0.367 e. The topological polar surface area (TPSA) is 33.0 Å². The third-order valence-corrected chi connectivity index (χ3v) is 1.62. The maximum Gasteiger partial charge on any atom is 0.411 e. The van der Waals surface area contributed by atoms with Crippen molar-refractivity contribution in [1.82, 2.24) is 0 Å². The first-order valence-corrected chi connectivity index (χ1v) is 4.15. The zero-order chi connectivity index (χ0) is 11.3. The highest BCUT2D eigenvalue weighted by atomic mass is 19.4. The second kappa shape index (κ2) is 4.80. The second-order valence-electron chi connectivity index (χ2n) is 2.92. The molecule has 80 valence electrons. The highest BCUT2D eigenvalue weighted by Gasteiger charge is 2.27. The van der Waals surface area contributed by atoms with Crippen LogP contribution in [0.25, 0.3) is 0 Å². The molecule has 0 amide bonds. The van der Waals surface area contributed by atoms with Gasteiger partial charge < -0.3 is 4.74 Å². The minimum absolute atomic E-state index is 0.106. The van der Waals surface area contributed by atoms with E-state index in [9.17, 15) is 13.2 Å². The van der Waals surface area contributed by atoms with E-state index in [-0.39, 0.29) is 6.61 Å². The summed E-state index contributed by atoms with van der Waals surface area (Å²) in [7, 11) is 0. The normalized spacial score (nSPS) is 11.1. The van der Waals surface area contributed by atoms with Crippen molar-refractivity contribution >= 4 is 0 Å². The number of alkyl halides is 3. The molecule has 0 saturated carbocycles. The number of rotatable bonds is 3. The van der Waals surface area contributed by atoms with E-state index in [0.717, 1.165) is 0 Å². The van der Waals surface area contributed by atoms with Crippen LogP contribution in [0.1, 0.15) is 11.1 Å². The van der Waals surface area contributed by atoms with Gasteiger partial charge >= 0.3 is 6.18 Å². The van der Waals surface area contributed by atoms with Crippen LogP contribution in [0.5, 0.6) is 0 Å². The summed E-state index contributed by atoms with van der Waals surface area (Å²) in [6, 6.07) is 8.11. The van der Waals surface area contributed by atoms with Crippen LogP contribution >= 0.6 is 0 Å². The van der Waals surface area contributed by atoms with E-state index in [2.05, 4.69) is 4.74 Å². The second-order valence-corrected chi connectivity index (χ2v) is 2.92. The number of nitrogens with zero attached hydrogens (tertiary/aromatic N) is 1. The van der Waals surface area contributed by atoms with Crippen LogP contribution in [-0.4, -0.2) is 12.8 Å². The fourth-order valence-corrected chi connectivity index (χ4v) is 0.960. The highest BCUT2D eigenvalue weighted by Crippen LogP contribution is 2.15. The van der Waals surface area contributed by atoms with Crippen molar-refractivity contribution in [3.8, 4) is 6.07 Å². The average Bonchev–Trinajstić information content (AvgIpc) is 2.17. The SMILES string of the molecule is N#Cc1ccc(COCC(F)(F)F)cc1. The van der Waals surface area contributed by atoms with Gasteiger partial charge in [-0.1, -0.05) is 12.1 Å². The Balaban J connectivity index is 2.42. The molecule has 0 fully saturated rings. The van der Waals surface area contributed by atoms with Gasteiger partial charge in [0, 0.05) is 0 Å². The van der Waals surface area contributed by atoms with Gasteiger partial charge in [-0.15, -0.1) is 0 Å². The van der Waals surface area contributed by atoms with E-state index < -0.39 is 12.8 Å². The van der Waals surface area contributed by atoms with Crippen LogP contribution < -0.4 is 0 Å². The molecule has 0 aromatic heterocycles. The number of nitriles is 1. The monoisotopic (exact) mass is 215 g/mol. The van der Waals surface area contributed by atoms with Crippen molar-refractivity contribution in [3.63, 3.8) is 0 Å². The van der Waals surface area contributed by atoms with Gasteiger partial charge in [0.15, 0.2) is 0 Å². The van der Waals surface area contributed by atoms with Crippen LogP contribution in [0, 0.1) is 11.3 Å². The largest absolute Gasteiger partial charge is 0.411 e. The molecule has 0 aliphatic rings. The van der Waals surface area contributed by atoms with Crippen molar-refractivity contribution in [2.75, 3.05) is 6.61 Å². The molecule has 0 heterocycles. The molecule has 1 rings (SSSR count). The summed E-state index contributed by atoms with van der Waals surface area (Å²) >= 11 is 0. The lowest BCUT2D eigenvalue weighted by Gasteiger charge is -2.07. The maximum atomic E-state index is 11.7. The predicted molar refractivity (Wildman–Crippen MR) is 46.9 cm³/mol. The number of hydrogen-bond donors (Lipinski definition) is 0. The first kappa shape index (κ1) is 11.5. The summed E-state index contributed by atoms with van der Waals surface area (Å²) in [4.78, 5) is 0. The number of hydrogen-bond acceptors (Lipinski definition) is 2. The molecule has 2 nitrogen and oxygen atoms in total. The van der Waals surface area contributed by atoms with Crippen LogP contribution in [-0.2, 0) is 11.3 Å². The molecule has 0 atom stereocenters. The van der Waals surface area contributed by atoms with Gasteiger partial charge in [0.2, 0.25) is 0 Å². The van der Waals surface area contributed by atoms with E-state index in [1.54, 1.807) is 12.1 Å². The summed E-state index contributed by atoms with van der Waals surface area (Å²) in [5, 5.41) is 8.48. The van der Waals surface area contributed by atoms with Crippen LogP contribution in [0.15, 0.2) is 24.3 Å². The van der Waals surface area contributed by atoms with E-state index >= 15 is 0 Å². The van der Waals surface area contributed by atoms with Crippen LogP contribution in [0.4, 0.5) is 13.2 Å². The molecular formula is C10H8F3NO. The van der Waals surface area contributed by atoms with E-state index in [4.69, 9.17) is 5.26 Å². The molecule has 0 N–H and O–H groups in total. The summed E-state index contributed by atoms with van der Waals surface area (Å²) in [6.45, 7) is -1.36. The predicted octanol–water partition coefficient (Wildman–Crippen LogP) is 2.64. The summed E-state index contributed by atoms with van der Waals surface area (Å²) < 4.78 is 39.6. The molecule has 0 spiro atoms. The van der Waals surface area contributed by atoms with Gasteiger partial charge in [-0.2, -0.15) is 18.4 Å². The molecule has 0 aliphatic carbocycles. The van der Waals surface area contributed by atoms with Gasteiger partial charge in [-0.25, -0.2) is 0 Å². The van der Waals surface area contributed by atoms with E-state index in [0.29, 0.717) is 11.1 Å². The minimum atomic E-state index is -4.30. The quantitative estimate of drug-likeness (QED) is 0.776. The fraction of sp³-hybridized carbons (Fsp3) is 0.300. The Morgan fingerprint density at radius 1 is 1.20 bits per heavy atom. The molecule has 1 aromatic carbocycles. The first-order valence-electron chi connectivity index (χ1n) is 4.15. The molecule has 15 heavy (non-hydrogen) atoms. The van der Waals surface area contributed by atoms with Gasteiger partial charge in [-0.05, 0) is 17.7 Å². The van der Waals surface area contributed by atoms with E-state index in [1.165, 1.54) is 12.1 Å². The maximum absolute atomic E-state index is 11.7. The standard InChI is InChI=1S/C10H8F3NO/c11-10(12,13)7-15-6-9-3-1-8(5-14)2-4-9/h1-4H,6-7H2. The third-order valence-electron chi connectivity index (χ3n) is 1.62. The highest BCUT2D eigenvalue weighted by molar-refractivity contribution is 5.31. The summed E-state index contributed by atoms with van der Waals surface area (Å²) in [6.07, 6.45) is -4.30. The molecule has 5 heteroatoms. The first-order chi connectivity index (χ1) is 7.01. The molecular weight excluding hydrogens is 207 g/mol. The average molecular weight is 215 g/mol. The zero-order valence-corrected chi connectivity index (χ0v) is 7.71. The molecule has 0 bridgehead atoms. The number of benzene rings is 1. The fourth-order valence-electron chi connectivity index (χ4n) is 0.960. The van der Waals surface area contributed by atoms with Crippen molar-refractivity contribution in [2.45, 2.75) is 12.8 Å². The summed E-state index contributed by atoms with van der Waals surface area (Å²) in [5.41, 5.74) is 1.08. The van der Waals surface area contributed by atoms with Gasteiger partial charge in [0.25, 0.3) is 0 Å². The Bertz CT molecular complexity index is 350. The lowest BCUT2D eigenvalue weighted by Crippen LogP contribution is -2.16. The Kier molecular flexibility index (Phi) is 3.69. The summed E-state index contributed by atoms with van der Waals surface area (Å²) in [5.74, 6) is 0. The van der Waals surface area contributed by atoms with Crippen molar-refractivity contribution < 1.29 is 17.9 Å². The number of halogens is 3. The van der Waals surface area contributed by atoms with Crippen molar-refractivity contribution in [1.29, 1.82) is 5.26 Å². The van der Waals surface area contributed by atoms with Gasteiger partial charge in [-0.3, -0.25) is 0 Å². The zero-order valence-electron chi connectivity index (χ0n) is 7.71. The Morgan fingerprint density at radius 3 is 2.27 bits per heavy atom.